The molecule has 0 amide bonds. The zero-order valence-electron chi connectivity index (χ0n) is 36.3. The van der Waals surface area contributed by atoms with E-state index in [-0.39, 0.29) is 27.1 Å². The maximum absolute atomic E-state index is 7.36. The van der Waals surface area contributed by atoms with Gasteiger partial charge in [-0.1, -0.05) is 128 Å². The van der Waals surface area contributed by atoms with Crippen LogP contribution in [0.1, 0.15) is 147 Å². The van der Waals surface area contributed by atoms with E-state index in [1.807, 2.05) is 0 Å². The van der Waals surface area contributed by atoms with Gasteiger partial charge in [0.25, 0.3) is 0 Å². The fourth-order valence-electron chi connectivity index (χ4n) is 14.1. The van der Waals surface area contributed by atoms with Gasteiger partial charge in [-0.15, -0.1) is 0 Å². The Balaban J connectivity index is 1.14. The van der Waals surface area contributed by atoms with E-state index < -0.39 is 0 Å². The van der Waals surface area contributed by atoms with Crippen LogP contribution in [0.2, 0.25) is 0 Å². The number of rotatable bonds is 4. The molecule has 0 aromatic heterocycles. The van der Waals surface area contributed by atoms with Gasteiger partial charge in [0, 0.05) is 22.2 Å². The van der Waals surface area contributed by atoms with E-state index in [0.29, 0.717) is 11.8 Å². The molecule has 5 aromatic carbocycles. The number of anilines is 3. The molecule has 0 radical (unpaired) electrons. The van der Waals surface area contributed by atoms with E-state index in [0.717, 1.165) is 29.8 Å². The Bertz CT molecular complexity index is 2430. The molecule has 298 valence electrons. The minimum atomic E-state index is -0.00646. The second kappa shape index (κ2) is 12.4. The molecule has 1 spiro atoms. The first kappa shape index (κ1) is 36.8. The molecule has 2 nitrogen and oxygen atoms in total. The van der Waals surface area contributed by atoms with Crippen molar-refractivity contribution in [3.63, 3.8) is 0 Å². The Kier molecular flexibility index (Phi) is 7.84. The van der Waals surface area contributed by atoms with Crippen LogP contribution in [0.15, 0.2) is 103 Å². The van der Waals surface area contributed by atoms with Crippen molar-refractivity contribution in [2.24, 2.45) is 23.7 Å². The average Bonchev–Trinajstić information content (AvgIpc) is 3.20. The van der Waals surface area contributed by atoms with Crippen molar-refractivity contribution >= 4 is 17.1 Å². The van der Waals surface area contributed by atoms with Crippen LogP contribution >= 0.6 is 0 Å². The SMILES string of the molecule is CC1(C)CCC(C)(C)c2c(-c3ccc(N(c4cccc5c4Oc4ccccc4C54C5CC6CC(C5)CC4C6)c4cccc5c4C(C)(C)CCC5(C)C)cc3)cccc21. The molecule has 1 heterocycles. The van der Waals surface area contributed by atoms with Gasteiger partial charge in [-0.3, -0.25) is 0 Å². The summed E-state index contributed by atoms with van der Waals surface area (Å²) >= 11 is 0. The molecular formula is C56H63NO. The fourth-order valence-corrected chi connectivity index (χ4v) is 14.1. The summed E-state index contributed by atoms with van der Waals surface area (Å²) in [5.41, 5.74) is 15.6. The zero-order chi connectivity index (χ0) is 40.0. The summed E-state index contributed by atoms with van der Waals surface area (Å²) in [7, 11) is 0. The van der Waals surface area contributed by atoms with Crippen molar-refractivity contribution in [2.75, 3.05) is 4.90 Å². The number of fused-ring (bicyclic) bond motifs is 4. The third-order valence-corrected chi connectivity index (χ3v) is 17.0. The average molecular weight is 766 g/mol. The molecule has 0 saturated heterocycles. The Morgan fingerprint density at radius 3 is 1.64 bits per heavy atom. The van der Waals surface area contributed by atoms with E-state index >= 15 is 0 Å². The Morgan fingerprint density at radius 2 is 0.983 bits per heavy atom. The summed E-state index contributed by atoms with van der Waals surface area (Å²) in [6.07, 6.45) is 11.6. The molecular weight excluding hydrogens is 703 g/mol. The fraction of sp³-hybridized carbons (Fsp3) is 0.464. The predicted molar refractivity (Wildman–Crippen MR) is 241 cm³/mol. The molecule has 4 fully saturated rings. The lowest BCUT2D eigenvalue weighted by Crippen LogP contribution is -2.57. The van der Waals surface area contributed by atoms with Gasteiger partial charge >= 0.3 is 0 Å². The molecule has 0 atom stereocenters. The third kappa shape index (κ3) is 5.15. The molecule has 4 bridgehead atoms. The van der Waals surface area contributed by atoms with E-state index in [2.05, 4.69) is 163 Å². The smallest absolute Gasteiger partial charge is 0.155 e. The van der Waals surface area contributed by atoms with Gasteiger partial charge in [0.1, 0.15) is 5.75 Å². The summed E-state index contributed by atoms with van der Waals surface area (Å²) in [6.45, 7) is 19.6. The third-order valence-electron chi connectivity index (χ3n) is 17.0. The molecule has 6 aliphatic carbocycles. The van der Waals surface area contributed by atoms with E-state index in [1.165, 1.54) is 113 Å². The molecule has 1 aliphatic heterocycles. The molecule has 2 heteroatoms. The highest BCUT2D eigenvalue weighted by Gasteiger charge is 2.61. The summed E-state index contributed by atoms with van der Waals surface area (Å²) < 4.78 is 7.36. The molecule has 4 saturated carbocycles. The van der Waals surface area contributed by atoms with Crippen molar-refractivity contribution in [2.45, 2.75) is 140 Å². The van der Waals surface area contributed by atoms with Crippen LogP contribution in [0.5, 0.6) is 11.5 Å². The maximum atomic E-state index is 7.36. The summed E-state index contributed by atoms with van der Waals surface area (Å²) in [5, 5.41) is 0. The number of hydrogen-bond acceptors (Lipinski definition) is 2. The lowest BCUT2D eigenvalue weighted by molar-refractivity contribution is -0.0451. The second-order valence-corrected chi connectivity index (χ2v) is 22.3. The zero-order valence-corrected chi connectivity index (χ0v) is 36.3. The summed E-state index contributed by atoms with van der Waals surface area (Å²) in [6, 6.07) is 40.2. The van der Waals surface area contributed by atoms with Crippen molar-refractivity contribution in [3.05, 3.63) is 137 Å². The summed E-state index contributed by atoms with van der Waals surface area (Å²) in [4.78, 5) is 2.61. The van der Waals surface area contributed by atoms with Crippen LogP contribution in [-0.4, -0.2) is 0 Å². The highest BCUT2D eigenvalue weighted by Crippen LogP contribution is 2.70. The molecule has 0 unspecified atom stereocenters. The minimum Gasteiger partial charge on any atom is -0.455 e. The van der Waals surface area contributed by atoms with Crippen LogP contribution in [0.4, 0.5) is 17.1 Å². The number of ether oxygens (including phenoxy) is 1. The van der Waals surface area contributed by atoms with Gasteiger partial charge in [-0.05, 0) is 167 Å². The molecule has 5 aromatic rings. The van der Waals surface area contributed by atoms with Crippen LogP contribution in [-0.2, 0) is 27.1 Å². The molecule has 12 rings (SSSR count). The lowest BCUT2D eigenvalue weighted by Gasteiger charge is -2.63. The predicted octanol–water partition coefficient (Wildman–Crippen LogP) is 15.4. The largest absolute Gasteiger partial charge is 0.455 e. The highest BCUT2D eigenvalue weighted by atomic mass is 16.5. The number of nitrogens with zero attached hydrogens (tertiary/aromatic N) is 1. The van der Waals surface area contributed by atoms with Gasteiger partial charge in [0.2, 0.25) is 0 Å². The van der Waals surface area contributed by atoms with E-state index in [1.54, 1.807) is 0 Å². The van der Waals surface area contributed by atoms with E-state index in [4.69, 9.17) is 4.74 Å². The topological polar surface area (TPSA) is 12.5 Å². The summed E-state index contributed by atoms with van der Waals surface area (Å²) in [5.74, 6) is 5.23. The minimum absolute atomic E-state index is 0.00646. The highest BCUT2D eigenvalue weighted by molar-refractivity contribution is 5.86. The van der Waals surface area contributed by atoms with Gasteiger partial charge in [0.05, 0.1) is 11.4 Å². The Labute approximate surface area is 348 Å². The van der Waals surface area contributed by atoms with Crippen molar-refractivity contribution in [3.8, 4) is 22.6 Å². The van der Waals surface area contributed by atoms with Gasteiger partial charge in [-0.2, -0.15) is 0 Å². The quantitative estimate of drug-likeness (QED) is 0.181. The number of hydrogen-bond donors (Lipinski definition) is 0. The molecule has 58 heavy (non-hydrogen) atoms. The standard InChI is InChI=1S/C56H63NO/c1-52(2)26-28-54(5,6)49-41(14-11-16-43(49)52)37-22-24-40(25-23-37)57(46-19-12-17-44-50(46)55(7,8)29-27-53(44,3)4)47-20-13-18-45-51(47)58-48-21-10-9-15-42(48)56(45)38-31-35-30-36(33-38)34-39(56)32-35/h9-25,35-36,38-39H,26-34H2,1-8H3. The van der Waals surface area contributed by atoms with E-state index in [9.17, 15) is 0 Å². The second-order valence-electron chi connectivity index (χ2n) is 22.3. The Hall–Kier alpha value is -4.30. The van der Waals surface area contributed by atoms with Gasteiger partial charge in [-0.25, -0.2) is 0 Å². The number of benzene rings is 5. The van der Waals surface area contributed by atoms with Crippen molar-refractivity contribution < 1.29 is 4.74 Å². The van der Waals surface area contributed by atoms with Crippen LogP contribution in [0.25, 0.3) is 11.1 Å². The normalized spacial score (nSPS) is 28.5. The van der Waals surface area contributed by atoms with Crippen LogP contribution in [0, 0.1) is 23.7 Å². The molecule has 0 N–H and O–H groups in total. The molecule has 7 aliphatic rings. The van der Waals surface area contributed by atoms with Crippen LogP contribution in [0.3, 0.4) is 0 Å². The first-order valence-corrected chi connectivity index (χ1v) is 22.8. The van der Waals surface area contributed by atoms with Crippen molar-refractivity contribution in [1.29, 1.82) is 0 Å². The van der Waals surface area contributed by atoms with Gasteiger partial charge < -0.3 is 9.64 Å². The first-order valence-electron chi connectivity index (χ1n) is 22.8. The monoisotopic (exact) mass is 765 g/mol. The lowest BCUT2D eigenvalue weighted by atomic mass is 9.42. The number of para-hydroxylation sites is 2. The first-order chi connectivity index (χ1) is 27.7. The van der Waals surface area contributed by atoms with Gasteiger partial charge in [0.15, 0.2) is 5.75 Å². The maximum Gasteiger partial charge on any atom is 0.155 e. The Morgan fingerprint density at radius 1 is 0.466 bits per heavy atom. The van der Waals surface area contributed by atoms with Crippen molar-refractivity contribution in [1.82, 2.24) is 0 Å². The van der Waals surface area contributed by atoms with Crippen LogP contribution < -0.4 is 9.64 Å².